The molecule has 24 rings (SSSR count). The molecule has 0 saturated carbocycles. The van der Waals surface area contributed by atoms with E-state index in [1.165, 1.54) is 245 Å². The number of hydrogen-bond acceptors (Lipinski definition) is 4. The predicted octanol–water partition coefficient (Wildman–Crippen LogP) is 32.1. The van der Waals surface area contributed by atoms with Crippen molar-refractivity contribution in [2.75, 3.05) is 0 Å². The van der Waals surface area contributed by atoms with Crippen LogP contribution in [-0.2, 0) is 0 Å². The summed E-state index contributed by atoms with van der Waals surface area (Å²) in [5.74, 6) is 0. The van der Waals surface area contributed by atoms with Crippen molar-refractivity contribution in [2.24, 2.45) is 0 Å². The molecule has 0 amide bonds. The topological polar surface area (TPSA) is 0 Å². The lowest BCUT2D eigenvalue weighted by Crippen LogP contribution is -1.92. The second-order valence-electron chi connectivity index (χ2n) is 29.1. The largest absolute Gasteiger partial charge is 0.135 e. The van der Waals surface area contributed by atoms with E-state index in [4.69, 9.17) is 0 Å². The van der Waals surface area contributed by atoms with Crippen LogP contribution in [0.25, 0.3) is 245 Å². The van der Waals surface area contributed by atoms with Gasteiger partial charge in [0.2, 0.25) is 0 Å². The predicted molar refractivity (Wildman–Crippen MR) is 476 cm³/mol. The molecular formula is C104H58S4. The zero-order valence-corrected chi connectivity index (χ0v) is 61.4. The van der Waals surface area contributed by atoms with E-state index in [0.717, 1.165) is 0 Å². The van der Waals surface area contributed by atoms with Gasteiger partial charge in [-0.1, -0.05) is 267 Å². The molecule has 24 aromatic rings. The quantitative estimate of drug-likeness (QED) is 0.140. The molecule has 0 aliphatic heterocycles. The van der Waals surface area contributed by atoms with Crippen molar-refractivity contribution in [1.82, 2.24) is 0 Å². The van der Waals surface area contributed by atoms with Crippen LogP contribution in [-0.4, -0.2) is 0 Å². The van der Waals surface area contributed by atoms with Crippen molar-refractivity contribution < 1.29 is 0 Å². The van der Waals surface area contributed by atoms with Crippen molar-refractivity contribution >= 4 is 212 Å². The van der Waals surface area contributed by atoms with Gasteiger partial charge in [-0.25, -0.2) is 0 Å². The number of hydrogen-bond donors (Lipinski definition) is 0. The third-order valence-corrected chi connectivity index (χ3v) is 28.1. The molecule has 4 aromatic heterocycles. The maximum absolute atomic E-state index is 2.53. The molecule has 0 spiro atoms. The van der Waals surface area contributed by atoms with Crippen LogP contribution in [0, 0.1) is 0 Å². The summed E-state index contributed by atoms with van der Waals surface area (Å²) in [6, 6.07) is 134. The van der Waals surface area contributed by atoms with E-state index in [1.54, 1.807) is 0 Å². The van der Waals surface area contributed by atoms with Gasteiger partial charge in [-0.05, 0) is 238 Å². The molecule has 0 fully saturated rings. The Kier molecular flexibility index (Phi) is 13.1. The van der Waals surface area contributed by atoms with Crippen LogP contribution < -0.4 is 0 Å². The highest BCUT2D eigenvalue weighted by Gasteiger charge is 2.25. The summed E-state index contributed by atoms with van der Waals surface area (Å²) in [4.78, 5) is 0. The standard InChI is InChI=1S/C104H58S4/c1-2-19-60-51-68-55-65(46-43-61(68)50-59(60)18-1)98-78-28-11-24-71(77-32-17-41-97-100(77)87-22-5-9-39-95(87)105-97)89(78)57-90-72(25-12-29-79(90)98)82-49-48-70(104-101(82)88-23-6-10-40-96(88)108-104)64-45-42-62-53-69-56-66(47-44-63(69)52-67(62)54-64)99-80-30-13-26-73(83-33-15-35-85-75-20-3-7-37-93(75)106-102(83)85)91(80)58-92-74(27-14-31-81(92)99)84-34-16-36-86-76-21-4-8-38-94(76)107-103(84)86/h1-58H. The summed E-state index contributed by atoms with van der Waals surface area (Å²) in [6.07, 6.45) is 0. The highest BCUT2D eigenvalue weighted by molar-refractivity contribution is 7.27. The Bertz CT molecular complexity index is 7900. The number of rotatable bonds is 7. The van der Waals surface area contributed by atoms with Gasteiger partial charge in [0.1, 0.15) is 0 Å². The normalized spacial score (nSPS) is 12.3. The SMILES string of the molecule is c1ccc2cc3cc(-c4c5cccc(-c6cccc7sc8ccccc8c67)c5cc5c(-c6ccc(-c7ccc8cc9cc(-c%10c%11cccc(-c%12cccc%13c%12sc%12ccccc%12%13)c%11cc%11c(-c%12cccc%13c%12sc%12ccccc%12%13)cccc%10%11)ccc9cc8c7)c7sc8ccccc8c67)cccc45)ccc3cc2c1. The molecule has 0 unspecified atom stereocenters. The van der Waals surface area contributed by atoms with Crippen LogP contribution in [0.5, 0.6) is 0 Å². The highest BCUT2D eigenvalue weighted by Crippen LogP contribution is 2.53. The minimum absolute atomic E-state index is 1.21. The first-order chi connectivity index (χ1) is 53.5. The zero-order chi connectivity index (χ0) is 70.4. The Morgan fingerprint density at radius 1 is 0.139 bits per heavy atom. The van der Waals surface area contributed by atoms with Crippen LogP contribution in [0.2, 0.25) is 0 Å². The van der Waals surface area contributed by atoms with Crippen molar-refractivity contribution in [2.45, 2.75) is 0 Å². The van der Waals surface area contributed by atoms with E-state index in [1.807, 2.05) is 45.3 Å². The second kappa shape index (κ2) is 23.4. The van der Waals surface area contributed by atoms with Crippen molar-refractivity contribution in [3.63, 3.8) is 0 Å². The van der Waals surface area contributed by atoms with Crippen LogP contribution >= 0.6 is 45.3 Å². The Balaban J connectivity index is 0.675. The number of benzene rings is 20. The van der Waals surface area contributed by atoms with Crippen molar-refractivity contribution in [3.05, 3.63) is 352 Å². The third kappa shape index (κ3) is 9.07. The monoisotopic (exact) mass is 1430 g/mol. The molecule has 0 atom stereocenters. The molecule has 498 valence electrons. The summed E-state index contributed by atoms with van der Waals surface area (Å²) in [7, 11) is 0. The van der Waals surface area contributed by atoms with Crippen LogP contribution in [0.4, 0.5) is 0 Å². The molecule has 20 aromatic carbocycles. The van der Waals surface area contributed by atoms with Crippen LogP contribution in [0.3, 0.4) is 0 Å². The molecule has 4 heteroatoms. The van der Waals surface area contributed by atoms with Gasteiger partial charge >= 0.3 is 0 Å². The number of fused-ring (bicyclic) bond motifs is 20. The first kappa shape index (κ1) is 60.6. The summed E-state index contributed by atoms with van der Waals surface area (Å²) in [5.41, 5.74) is 17.4. The summed E-state index contributed by atoms with van der Waals surface area (Å²) in [5, 5.41) is 30.3. The lowest BCUT2D eigenvalue weighted by Gasteiger charge is -2.19. The highest BCUT2D eigenvalue weighted by atomic mass is 32.1. The summed E-state index contributed by atoms with van der Waals surface area (Å²) in [6.45, 7) is 0. The average Bonchev–Trinajstić information content (AvgIpc) is 1.13. The van der Waals surface area contributed by atoms with E-state index in [0.29, 0.717) is 0 Å². The molecular weight excluding hydrogens is 1380 g/mol. The first-order valence-electron chi connectivity index (χ1n) is 37.1. The fraction of sp³-hybridized carbons (Fsp3) is 0. The Labute approximate surface area is 636 Å². The second-order valence-corrected chi connectivity index (χ2v) is 33.4. The van der Waals surface area contributed by atoms with Crippen molar-refractivity contribution in [3.8, 4) is 77.9 Å². The van der Waals surface area contributed by atoms with Gasteiger partial charge in [-0.3, -0.25) is 0 Å². The molecule has 0 nitrogen and oxygen atoms in total. The molecule has 0 saturated heterocycles. The third-order valence-electron chi connectivity index (χ3n) is 23.4. The Hall–Kier alpha value is -12.6. The number of thiophene rings is 4. The van der Waals surface area contributed by atoms with Gasteiger partial charge in [0, 0.05) is 91.8 Å². The molecule has 0 bridgehead atoms. The van der Waals surface area contributed by atoms with E-state index < -0.39 is 0 Å². The molecule has 4 heterocycles. The summed E-state index contributed by atoms with van der Waals surface area (Å²) < 4.78 is 10.5. The fourth-order valence-corrected chi connectivity index (χ4v) is 23.4. The van der Waals surface area contributed by atoms with Crippen LogP contribution in [0.15, 0.2) is 352 Å². The average molecular weight is 1440 g/mol. The van der Waals surface area contributed by atoms with E-state index in [9.17, 15) is 0 Å². The van der Waals surface area contributed by atoms with Gasteiger partial charge in [0.15, 0.2) is 0 Å². The molecule has 0 aliphatic carbocycles. The smallest absolute Gasteiger partial charge is 0.0440 e. The minimum Gasteiger partial charge on any atom is -0.135 e. The van der Waals surface area contributed by atoms with Crippen LogP contribution in [0.1, 0.15) is 0 Å². The molecule has 0 aliphatic rings. The minimum atomic E-state index is 1.21. The van der Waals surface area contributed by atoms with Gasteiger partial charge in [-0.2, -0.15) is 0 Å². The molecule has 0 radical (unpaired) electrons. The van der Waals surface area contributed by atoms with Gasteiger partial charge in [0.25, 0.3) is 0 Å². The van der Waals surface area contributed by atoms with Gasteiger partial charge in [-0.15, -0.1) is 45.3 Å². The first-order valence-corrected chi connectivity index (χ1v) is 40.3. The maximum Gasteiger partial charge on any atom is 0.0440 e. The van der Waals surface area contributed by atoms with E-state index in [-0.39, 0.29) is 0 Å². The Morgan fingerprint density at radius 2 is 0.454 bits per heavy atom. The lowest BCUT2D eigenvalue weighted by atomic mass is 9.84. The Morgan fingerprint density at radius 3 is 0.954 bits per heavy atom. The van der Waals surface area contributed by atoms with E-state index >= 15 is 0 Å². The molecule has 108 heavy (non-hydrogen) atoms. The van der Waals surface area contributed by atoms with Crippen molar-refractivity contribution in [1.29, 1.82) is 0 Å². The van der Waals surface area contributed by atoms with Gasteiger partial charge < -0.3 is 0 Å². The lowest BCUT2D eigenvalue weighted by molar-refractivity contribution is 1.67. The fourth-order valence-electron chi connectivity index (χ4n) is 18.5. The summed E-state index contributed by atoms with van der Waals surface area (Å²) >= 11 is 7.61. The molecule has 0 N–H and O–H groups in total. The van der Waals surface area contributed by atoms with E-state index in [2.05, 4.69) is 352 Å². The zero-order valence-electron chi connectivity index (χ0n) is 58.1. The maximum atomic E-state index is 2.53. The van der Waals surface area contributed by atoms with Gasteiger partial charge in [0.05, 0.1) is 0 Å².